The lowest BCUT2D eigenvalue weighted by atomic mass is 10.1. The topological polar surface area (TPSA) is 46.5 Å². The summed E-state index contributed by atoms with van der Waals surface area (Å²) < 4.78 is 17.8. The van der Waals surface area contributed by atoms with Crippen molar-refractivity contribution < 1.29 is 19.0 Å². The van der Waals surface area contributed by atoms with Gasteiger partial charge in [-0.3, -0.25) is 0 Å². The Balaban J connectivity index is 3.11. The molecule has 0 fully saturated rings. The third-order valence-corrected chi connectivity index (χ3v) is 2.39. The van der Waals surface area contributed by atoms with E-state index < -0.39 is 17.9 Å². The lowest BCUT2D eigenvalue weighted by Gasteiger charge is -2.11. The van der Waals surface area contributed by atoms with Gasteiger partial charge in [0.2, 0.25) is 0 Å². The number of hydrogen-bond acceptors (Lipinski definition) is 3. The lowest BCUT2D eigenvalue weighted by molar-refractivity contribution is -0.150. The molecule has 0 aliphatic rings. The quantitative estimate of drug-likeness (QED) is 0.827. The zero-order chi connectivity index (χ0) is 10.7. The Morgan fingerprint density at radius 1 is 1.64 bits per heavy atom. The molecule has 1 rings (SSSR count). The molecular formula is C9H8BrFO3. The summed E-state index contributed by atoms with van der Waals surface area (Å²) in [6.45, 7) is 0. The van der Waals surface area contributed by atoms with Crippen molar-refractivity contribution >= 4 is 21.9 Å². The van der Waals surface area contributed by atoms with Crippen molar-refractivity contribution in [1.29, 1.82) is 0 Å². The summed E-state index contributed by atoms with van der Waals surface area (Å²) in [5, 5.41) is 9.41. The highest BCUT2D eigenvalue weighted by Crippen LogP contribution is 2.26. The molecule has 0 spiro atoms. The van der Waals surface area contributed by atoms with E-state index in [-0.39, 0.29) is 5.56 Å². The Bertz CT molecular complexity index is 334. The number of aliphatic hydroxyl groups excluding tert-OH is 1. The zero-order valence-corrected chi connectivity index (χ0v) is 8.92. The van der Waals surface area contributed by atoms with Gasteiger partial charge in [-0.25, -0.2) is 9.18 Å². The first kappa shape index (κ1) is 11.1. The van der Waals surface area contributed by atoms with Crippen LogP contribution in [0.2, 0.25) is 0 Å². The second-order valence-corrected chi connectivity index (χ2v) is 3.42. The summed E-state index contributed by atoms with van der Waals surface area (Å²) in [6.07, 6.45) is -1.60. The normalized spacial score (nSPS) is 12.3. The van der Waals surface area contributed by atoms with Crippen LogP contribution >= 0.6 is 15.9 Å². The van der Waals surface area contributed by atoms with Gasteiger partial charge in [0.1, 0.15) is 5.82 Å². The highest BCUT2D eigenvalue weighted by atomic mass is 79.9. The smallest absolute Gasteiger partial charge is 0.339 e. The maximum atomic E-state index is 13.2. The molecule has 1 atom stereocenters. The summed E-state index contributed by atoms with van der Waals surface area (Å²) in [5.74, 6) is -1.55. The average molecular weight is 263 g/mol. The van der Waals surface area contributed by atoms with Crippen LogP contribution in [0.5, 0.6) is 0 Å². The van der Waals surface area contributed by atoms with Gasteiger partial charge in [-0.15, -0.1) is 0 Å². The fourth-order valence-corrected chi connectivity index (χ4v) is 1.56. The zero-order valence-electron chi connectivity index (χ0n) is 7.33. The van der Waals surface area contributed by atoms with Crippen LogP contribution in [0, 0.1) is 5.82 Å². The third kappa shape index (κ3) is 2.10. The molecule has 76 valence electrons. The molecule has 0 heterocycles. The van der Waals surface area contributed by atoms with Crippen molar-refractivity contribution in [3.05, 3.63) is 34.1 Å². The first-order valence-corrected chi connectivity index (χ1v) is 4.57. The maximum Gasteiger partial charge on any atom is 0.339 e. The number of aliphatic hydroxyl groups is 1. The molecule has 1 aromatic carbocycles. The first-order valence-electron chi connectivity index (χ1n) is 3.77. The molecule has 0 saturated carbocycles. The van der Waals surface area contributed by atoms with Crippen LogP contribution in [0.15, 0.2) is 22.7 Å². The molecule has 0 aliphatic heterocycles. The Morgan fingerprint density at radius 2 is 2.29 bits per heavy atom. The maximum absolute atomic E-state index is 13.2. The van der Waals surface area contributed by atoms with Gasteiger partial charge in [-0.05, 0) is 12.1 Å². The molecule has 1 N–H and O–H groups in total. The summed E-state index contributed by atoms with van der Waals surface area (Å²) in [4.78, 5) is 11.0. The summed E-state index contributed by atoms with van der Waals surface area (Å²) >= 11 is 3.04. The van der Waals surface area contributed by atoms with Gasteiger partial charge in [0.15, 0.2) is 6.10 Å². The van der Waals surface area contributed by atoms with E-state index in [0.29, 0.717) is 4.47 Å². The number of carbonyl (C=O) groups is 1. The predicted octanol–water partition coefficient (Wildman–Crippen LogP) is 1.79. The summed E-state index contributed by atoms with van der Waals surface area (Å²) in [5.41, 5.74) is -0.112. The van der Waals surface area contributed by atoms with Crippen molar-refractivity contribution in [2.24, 2.45) is 0 Å². The van der Waals surface area contributed by atoms with E-state index in [4.69, 9.17) is 0 Å². The van der Waals surface area contributed by atoms with Crippen LogP contribution in [-0.4, -0.2) is 18.2 Å². The SMILES string of the molecule is COC(=O)C(O)c1c(F)cccc1Br. The number of methoxy groups -OCH3 is 1. The highest BCUT2D eigenvalue weighted by Gasteiger charge is 2.23. The molecule has 0 radical (unpaired) electrons. The Morgan fingerprint density at radius 3 is 2.79 bits per heavy atom. The largest absolute Gasteiger partial charge is 0.467 e. The molecule has 0 amide bonds. The summed E-state index contributed by atoms with van der Waals surface area (Å²) in [6, 6.07) is 4.16. The molecule has 0 aliphatic carbocycles. The molecule has 1 aromatic rings. The molecule has 0 bridgehead atoms. The van der Waals surface area contributed by atoms with Crippen LogP contribution in [0.1, 0.15) is 11.7 Å². The van der Waals surface area contributed by atoms with E-state index in [9.17, 15) is 14.3 Å². The van der Waals surface area contributed by atoms with E-state index in [1.165, 1.54) is 12.1 Å². The van der Waals surface area contributed by atoms with Crippen LogP contribution in [0.3, 0.4) is 0 Å². The van der Waals surface area contributed by atoms with Crippen LogP contribution in [-0.2, 0) is 9.53 Å². The van der Waals surface area contributed by atoms with Crippen molar-refractivity contribution in [2.45, 2.75) is 6.10 Å². The average Bonchev–Trinajstić information content (AvgIpc) is 2.16. The molecular weight excluding hydrogens is 255 g/mol. The van der Waals surface area contributed by atoms with E-state index in [2.05, 4.69) is 20.7 Å². The summed E-state index contributed by atoms with van der Waals surface area (Å²) in [7, 11) is 1.13. The number of halogens is 2. The van der Waals surface area contributed by atoms with Gasteiger partial charge < -0.3 is 9.84 Å². The molecule has 0 saturated heterocycles. The molecule has 0 aromatic heterocycles. The molecule has 5 heteroatoms. The Labute approximate surface area is 88.6 Å². The minimum absolute atomic E-state index is 0.112. The van der Waals surface area contributed by atoms with Gasteiger partial charge in [-0.2, -0.15) is 0 Å². The van der Waals surface area contributed by atoms with E-state index >= 15 is 0 Å². The number of rotatable bonds is 2. The van der Waals surface area contributed by atoms with Gasteiger partial charge in [0.25, 0.3) is 0 Å². The van der Waals surface area contributed by atoms with E-state index in [1.54, 1.807) is 0 Å². The lowest BCUT2D eigenvalue weighted by Crippen LogP contribution is -2.15. The second-order valence-electron chi connectivity index (χ2n) is 2.56. The van der Waals surface area contributed by atoms with Gasteiger partial charge in [-0.1, -0.05) is 22.0 Å². The fraction of sp³-hybridized carbons (Fsp3) is 0.222. The number of esters is 1. The van der Waals surface area contributed by atoms with Crippen molar-refractivity contribution in [3.8, 4) is 0 Å². The van der Waals surface area contributed by atoms with E-state index in [0.717, 1.165) is 13.2 Å². The standard InChI is InChI=1S/C9H8BrFO3/c1-14-9(13)8(12)7-5(10)3-2-4-6(7)11/h2-4,8,12H,1H3. The Hall–Kier alpha value is -0.940. The number of carbonyl (C=O) groups excluding carboxylic acids is 1. The molecule has 1 unspecified atom stereocenters. The van der Waals surface area contributed by atoms with Crippen molar-refractivity contribution in [1.82, 2.24) is 0 Å². The van der Waals surface area contributed by atoms with Crippen molar-refractivity contribution in [2.75, 3.05) is 7.11 Å². The number of benzene rings is 1. The third-order valence-electron chi connectivity index (χ3n) is 1.70. The monoisotopic (exact) mass is 262 g/mol. The first-order chi connectivity index (χ1) is 6.57. The minimum Gasteiger partial charge on any atom is -0.467 e. The fourth-order valence-electron chi connectivity index (χ4n) is 1.00. The van der Waals surface area contributed by atoms with Crippen LogP contribution < -0.4 is 0 Å². The second kappa shape index (κ2) is 4.52. The van der Waals surface area contributed by atoms with E-state index in [1.807, 2.05) is 0 Å². The van der Waals surface area contributed by atoms with Gasteiger partial charge in [0.05, 0.1) is 7.11 Å². The number of hydrogen-bond donors (Lipinski definition) is 1. The van der Waals surface area contributed by atoms with Crippen LogP contribution in [0.25, 0.3) is 0 Å². The van der Waals surface area contributed by atoms with Crippen molar-refractivity contribution in [3.63, 3.8) is 0 Å². The van der Waals surface area contributed by atoms with Crippen LogP contribution in [0.4, 0.5) is 4.39 Å². The predicted molar refractivity (Wildman–Crippen MR) is 51.1 cm³/mol. The minimum atomic E-state index is -1.60. The number of ether oxygens (including phenoxy) is 1. The molecule has 3 nitrogen and oxygen atoms in total. The Kier molecular flexibility index (Phi) is 3.60. The molecule has 14 heavy (non-hydrogen) atoms. The highest BCUT2D eigenvalue weighted by molar-refractivity contribution is 9.10. The van der Waals surface area contributed by atoms with Gasteiger partial charge in [0, 0.05) is 10.0 Å². The van der Waals surface area contributed by atoms with Gasteiger partial charge >= 0.3 is 5.97 Å².